The Balaban J connectivity index is 1.000. The third-order valence-corrected chi connectivity index (χ3v) is 11.3. The molecule has 0 fully saturated rings. The number of rotatable bonds is 7. The van der Waals surface area contributed by atoms with Crippen LogP contribution < -0.4 is 0 Å². The summed E-state index contributed by atoms with van der Waals surface area (Å²) < 4.78 is 2.44. The average molecular weight is 720 g/mol. The van der Waals surface area contributed by atoms with E-state index in [2.05, 4.69) is 140 Å². The number of thiophene rings is 1. The summed E-state index contributed by atoms with van der Waals surface area (Å²) in [4.78, 5) is 15.1. The van der Waals surface area contributed by atoms with Crippen molar-refractivity contribution in [3.8, 4) is 78.7 Å². The Bertz CT molecular complexity index is 2880. The number of hydrogen-bond acceptors (Lipinski definition) is 4. The smallest absolute Gasteiger partial charge is 0.164 e. The van der Waals surface area contributed by atoms with Crippen LogP contribution in [-0.2, 0) is 0 Å². The van der Waals surface area contributed by atoms with Gasteiger partial charge in [-0.05, 0) is 68.8 Å². The first-order valence-electron chi connectivity index (χ1n) is 18.4. The van der Waals surface area contributed by atoms with Crippen LogP contribution in [-0.4, -0.2) is 15.0 Å². The Labute approximate surface area is 323 Å². The highest BCUT2D eigenvalue weighted by molar-refractivity contribution is 7.26. The van der Waals surface area contributed by atoms with E-state index < -0.39 is 0 Å². The van der Waals surface area contributed by atoms with Gasteiger partial charge in [0.05, 0.1) is 0 Å². The van der Waals surface area contributed by atoms with E-state index in [0.717, 1.165) is 16.7 Å². The fourth-order valence-corrected chi connectivity index (χ4v) is 8.45. The van der Waals surface area contributed by atoms with Gasteiger partial charge in [-0.2, -0.15) is 0 Å². The Hall–Kier alpha value is -7.01. The highest BCUT2D eigenvalue weighted by Gasteiger charge is 2.17. The standard InChI is InChI=1S/C51H33N3S/c1-4-12-34(13-5-1)35-22-24-36(25-23-35)41-18-10-19-42(32-41)37-26-28-38(29-27-37)43-30-31-46-45(33-43)48-44(20-11-21-47(48)55-46)51-53-49(39-14-6-2-7-15-39)52-50(54-51)40-16-8-3-9-17-40/h1-33H. The van der Waals surface area contributed by atoms with Gasteiger partial charge in [0.1, 0.15) is 0 Å². The topological polar surface area (TPSA) is 38.7 Å². The summed E-state index contributed by atoms with van der Waals surface area (Å²) in [6.45, 7) is 0. The van der Waals surface area contributed by atoms with E-state index in [4.69, 9.17) is 15.0 Å². The van der Waals surface area contributed by atoms with Crippen molar-refractivity contribution in [2.75, 3.05) is 0 Å². The van der Waals surface area contributed by atoms with Crippen molar-refractivity contribution >= 4 is 31.5 Å². The minimum atomic E-state index is 0.660. The summed E-state index contributed by atoms with van der Waals surface area (Å²) in [5.74, 6) is 1.99. The maximum Gasteiger partial charge on any atom is 0.164 e. The number of aromatic nitrogens is 3. The zero-order valence-corrected chi connectivity index (χ0v) is 30.6. The lowest BCUT2D eigenvalue weighted by Gasteiger charge is -2.10. The average Bonchev–Trinajstić information content (AvgIpc) is 3.66. The molecule has 2 aromatic heterocycles. The van der Waals surface area contributed by atoms with Gasteiger partial charge in [0.15, 0.2) is 17.5 Å². The molecular weight excluding hydrogens is 687 g/mol. The molecule has 4 heteroatoms. The van der Waals surface area contributed by atoms with Gasteiger partial charge in [0.25, 0.3) is 0 Å². The number of benzene rings is 8. The van der Waals surface area contributed by atoms with E-state index >= 15 is 0 Å². The molecule has 0 N–H and O–H groups in total. The third kappa shape index (κ3) is 6.39. The number of hydrogen-bond donors (Lipinski definition) is 0. The molecule has 0 bridgehead atoms. The largest absolute Gasteiger partial charge is 0.208 e. The zero-order chi connectivity index (χ0) is 36.6. The quantitative estimate of drug-likeness (QED) is 0.165. The van der Waals surface area contributed by atoms with Crippen molar-refractivity contribution in [1.29, 1.82) is 0 Å². The molecule has 10 aromatic rings. The van der Waals surface area contributed by atoms with E-state index in [0.29, 0.717) is 17.5 Å². The minimum Gasteiger partial charge on any atom is -0.208 e. The van der Waals surface area contributed by atoms with Crippen molar-refractivity contribution in [2.45, 2.75) is 0 Å². The molecule has 0 spiro atoms. The monoisotopic (exact) mass is 719 g/mol. The lowest BCUT2D eigenvalue weighted by Crippen LogP contribution is -2.00. The van der Waals surface area contributed by atoms with Crippen LogP contribution in [0, 0.1) is 0 Å². The minimum absolute atomic E-state index is 0.660. The molecule has 55 heavy (non-hydrogen) atoms. The second kappa shape index (κ2) is 14.1. The molecule has 258 valence electrons. The first-order valence-corrected chi connectivity index (χ1v) is 19.2. The summed E-state index contributed by atoms with van der Waals surface area (Å²) in [5.41, 5.74) is 12.5. The molecule has 0 atom stereocenters. The lowest BCUT2D eigenvalue weighted by molar-refractivity contribution is 1.08. The van der Waals surface area contributed by atoms with Crippen molar-refractivity contribution in [2.24, 2.45) is 0 Å². The van der Waals surface area contributed by atoms with Gasteiger partial charge in [-0.15, -0.1) is 11.3 Å². The van der Waals surface area contributed by atoms with Gasteiger partial charge in [-0.1, -0.05) is 176 Å². The summed E-state index contributed by atoms with van der Waals surface area (Å²) in [6.07, 6.45) is 0. The Morgan fingerprint density at radius 2 is 0.673 bits per heavy atom. The van der Waals surface area contributed by atoms with Crippen LogP contribution in [0.2, 0.25) is 0 Å². The van der Waals surface area contributed by atoms with Gasteiger partial charge < -0.3 is 0 Å². The van der Waals surface area contributed by atoms with Crippen LogP contribution in [0.15, 0.2) is 200 Å². The second-order valence-corrected chi connectivity index (χ2v) is 14.7. The Kier molecular flexibility index (Phi) is 8.36. The highest BCUT2D eigenvalue weighted by Crippen LogP contribution is 2.41. The fraction of sp³-hybridized carbons (Fsp3) is 0. The lowest BCUT2D eigenvalue weighted by atomic mass is 9.95. The highest BCUT2D eigenvalue weighted by atomic mass is 32.1. The first-order chi connectivity index (χ1) is 27.2. The van der Waals surface area contributed by atoms with Gasteiger partial charge in [0.2, 0.25) is 0 Å². The molecule has 3 nitrogen and oxygen atoms in total. The molecule has 0 aliphatic rings. The molecule has 2 heterocycles. The van der Waals surface area contributed by atoms with E-state index in [9.17, 15) is 0 Å². The van der Waals surface area contributed by atoms with Gasteiger partial charge in [-0.25, -0.2) is 15.0 Å². The molecule has 0 amide bonds. The van der Waals surface area contributed by atoms with Crippen LogP contribution in [0.1, 0.15) is 0 Å². The number of nitrogens with zero attached hydrogens (tertiary/aromatic N) is 3. The second-order valence-electron chi connectivity index (χ2n) is 13.6. The molecule has 10 rings (SSSR count). The molecule has 0 aliphatic heterocycles. The first kappa shape index (κ1) is 32.6. The molecular formula is C51H33N3S. The van der Waals surface area contributed by atoms with Crippen molar-refractivity contribution in [1.82, 2.24) is 15.0 Å². The normalized spacial score (nSPS) is 11.3. The van der Waals surface area contributed by atoms with Crippen molar-refractivity contribution < 1.29 is 0 Å². The predicted molar refractivity (Wildman–Crippen MR) is 231 cm³/mol. The fourth-order valence-electron chi connectivity index (χ4n) is 7.34. The van der Waals surface area contributed by atoms with Gasteiger partial charge >= 0.3 is 0 Å². The van der Waals surface area contributed by atoms with Crippen LogP contribution in [0.5, 0.6) is 0 Å². The van der Waals surface area contributed by atoms with E-state index in [1.165, 1.54) is 64.7 Å². The van der Waals surface area contributed by atoms with Gasteiger partial charge in [0, 0.05) is 36.9 Å². The molecule has 0 unspecified atom stereocenters. The third-order valence-electron chi connectivity index (χ3n) is 10.2. The molecule has 8 aromatic carbocycles. The van der Waals surface area contributed by atoms with Crippen molar-refractivity contribution in [3.05, 3.63) is 200 Å². The number of fused-ring (bicyclic) bond motifs is 3. The summed E-state index contributed by atoms with van der Waals surface area (Å²) in [5, 5.41) is 2.37. The molecule has 0 aliphatic carbocycles. The van der Waals surface area contributed by atoms with Gasteiger partial charge in [-0.3, -0.25) is 0 Å². The Morgan fingerprint density at radius 1 is 0.273 bits per heavy atom. The van der Waals surface area contributed by atoms with E-state index in [1.807, 2.05) is 60.7 Å². The molecule has 0 radical (unpaired) electrons. The van der Waals surface area contributed by atoms with E-state index in [1.54, 1.807) is 11.3 Å². The summed E-state index contributed by atoms with van der Waals surface area (Å²) in [6, 6.07) is 70.6. The molecule has 0 saturated heterocycles. The molecule has 0 saturated carbocycles. The van der Waals surface area contributed by atoms with E-state index in [-0.39, 0.29) is 0 Å². The van der Waals surface area contributed by atoms with Crippen LogP contribution in [0.25, 0.3) is 98.8 Å². The zero-order valence-electron chi connectivity index (χ0n) is 29.8. The van der Waals surface area contributed by atoms with Crippen LogP contribution in [0.3, 0.4) is 0 Å². The maximum atomic E-state index is 5.08. The Morgan fingerprint density at radius 3 is 1.22 bits per heavy atom. The maximum absolute atomic E-state index is 5.08. The summed E-state index contributed by atoms with van der Waals surface area (Å²) in [7, 11) is 0. The van der Waals surface area contributed by atoms with Crippen LogP contribution in [0.4, 0.5) is 0 Å². The SMILES string of the molecule is c1ccc(-c2ccc(-c3cccc(-c4ccc(-c5ccc6sc7cccc(-c8nc(-c9ccccc9)nc(-c9ccccc9)n8)c7c6c5)cc4)c3)cc2)cc1. The summed E-state index contributed by atoms with van der Waals surface area (Å²) >= 11 is 1.80. The predicted octanol–water partition coefficient (Wildman–Crippen LogP) is 13.9. The van der Waals surface area contributed by atoms with Crippen LogP contribution >= 0.6 is 11.3 Å². The van der Waals surface area contributed by atoms with Crippen molar-refractivity contribution in [3.63, 3.8) is 0 Å².